The number of para-hydroxylation sites is 1. The van der Waals surface area contributed by atoms with Crippen molar-refractivity contribution in [2.75, 3.05) is 33.2 Å². The van der Waals surface area contributed by atoms with Crippen LogP contribution in [0.3, 0.4) is 0 Å². The lowest BCUT2D eigenvalue weighted by atomic mass is 9.83. The van der Waals surface area contributed by atoms with Crippen LogP contribution in [0.5, 0.6) is 5.75 Å². The molecule has 2 unspecified atom stereocenters. The lowest BCUT2D eigenvalue weighted by Crippen LogP contribution is -2.58. The summed E-state index contributed by atoms with van der Waals surface area (Å²) in [6.45, 7) is 1.77. The first-order valence-corrected chi connectivity index (χ1v) is 14.9. The summed E-state index contributed by atoms with van der Waals surface area (Å²) < 4.78 is 13.3. The number of nitrogens with zero attached hydrogens (tertiary/aromatic N) is 5. The number of hydrogen-bond acceptors (Lipinski definition) is 10. The summed E-state index contributed by atoms with van der Waals surface area (Å²) in [6.07, 6.45) is -1.27. The first-order chi connectivity index (χ1) is 20.7. The molecule has 1 aromatic heterocycles. The summed E-state index contributed by atoms with van der Waals surface area (Å²) >= 11 is 0. The Morgan fingerprint density at radius 1 is 1.09 bits per heavy atom. The topological polar surface area (TPSA) is 171 Å². The number of carbonyl (C=O) groups excluding carboxylic acids is 3. The second kappa shape index (κ2) is 12.2. The first kappa shape index (κ1) is 29.5. The fourth-order valence-electron chi connectivity index (χ4n) is 6.56. The molecule has 0 saturated carbocycles. The van der Waals surface area contributed by atoms with Crippen LogP contribution in [0.2, 0.25) is 0 Å². The number of benzene rings is 1. The van der Waals surface area contributed by atoms with Crippen LogP contribution in [0.25, 0.3) is 0 Å². The van der Waals surface area contributed by atoms with Gasteiger partial charge in [-0.25, -0.2) is 4.68 Å². The number of ether oxygens (including phenoxy) is 2. The van der Waals surface area contributed by atoms with Crippen molar-refractivity contribution in [2.45, 2.75) is 80.7 Å². The summed E-state index contributed by atoms with van der Waals surface area (Å²) in [5, 5.41) is 35.6. The van der Waals surface area contributed by atoms with Crippen LogP contribution < -0.4 is 15.4 Å². The molecular formula is C29H39N7O7. The minimum Gasteiger partial charge on any atom is -0.487 e. The average molecular weight is 598 g/mol. The Kier molecular flexibility index (Phi) is 8.36. The number of aliphatic hydroxyl groups is 2. The number of amides is 3. The van der Waals surface area contributed by atoms with Gasteiger partial charge < -0.3 is 40.1 Å². The number of piperidine rings is 1. The lowest BCUT2D eigenvalue weighted by Gasteiger charge is -2.42. The highest BCUT2D eigenvalue weighted by Gasteiger charge is 2.48. The Labute approximate surface area is 249 Å². The highest BCUT2D eigenvalue weighted by Crippen LogP contribution is 2.33. The van der Waals surface area contributed by atoms with Crippen LogP contribution in [0.4, 0.5) is 0 Å². The molecule has 4 aliphatic heterocycles. The van der Waals surface area contributed by atoms with Gasteiger partial charge in [0.25, 0.3) is 0 Å². The average Bonchev–Trinajstić information content (AvgIpc) is 3.72. The summed E-state index contributed by atoms with van der Waals surface area (Å²) in [7, 11) is 1.99. The molecule has 14 nitrogen and oxygen atoms in total. The van der Waals surface area contributed by atoms with E-state index in [2.05, 4.69) is 25.8 Å². The molecule has 2 aromatic rings. The standard InChI is InChI=1S/C29H39N7O7/c1-34-9-7-29(8-10-34)13-25(38)35-16-19(36-15-18(32-33-36)17-42-20-5-3-2-4-6-20)11-21(35)28(41)30-14-23-27(40)26(39)22(43-23)12-24(37)31-29/h2-6,15,19,21-23,26-27,39-40H,7-14,16-17H2,1H3,(H,30,41)(H,31,37)/t19-,21-,22-,23+,26?,27?/m0/s1. The maximum Gasteiger partial charge on any atom is 0.242 e. The molecule has 232 valence electrons. The number of carbonyl (C=O) groups is 3. The number of fused-ring (bicyclic) bond motifs is 3. The molecule has 6 rings (SSSR count). The Hall–Kier alpha value is -3.59. The molecule has 1 aromatic carbocycles. The van der Waals surface area contributed by atoms with Crippen LogP contribution >= 0.6 is 0 Å². The molecule has 3 amide bonds. The molecule has 4 saturated heterocycles. The molecular weight excluding hydrogens is 558 g/mol. The zero-order valence-corrected chi connectivity index (χ0v) is 24.2. The second-order valence-corrected chi connectivity index (χ2v) is 12.2. The van der Waals surface area contributed by atoms with Gasteiger partial charge in [-0.1, -0.05) is 23.4 Å². The zero-order valence-electron chi connectivity index (χ0n) is 24.2. The number of aromatic nitrogens is 3. The van der Waals surface area contributed by atoms with E-state index in [0.717, 1.165) is 0 Å². The maximum atomic E-state index is 14.0. The Morgan fingerprint density at radius 2 is 1.84 bits per heavy atom. The largest absolute Gasteiger partial charge is 0.487 e. The van der Waals surface area contributed by atoms with Gasteiger partial charge >= 0.3 is 0 Å². The lowest BCUT2D eigenvalue weighted by molar-refractivity contribution is -0.141. The van der Waals surface area contributed by atoms with Crippen molar-refractivity contribution in [1.82, 2.24) is 35.4 Å². The van der Waals surface area contributed by atoms with Gasteiger partial charge in [-0.3, -0.25) is 14.4 Å². The predicted octanol–water partition coefficient (Wildman–Crippen LogP) is -1.02. The van der Waals surface area contributed by atoms with Crippen LogP contribution in [0.15, 0.2) is 36.5 Å². The van der Waals surface area contributed by atoms with Crippen molar-refractivity contribution >= 4 is 17.7 Å². The predicted molar refractivity (Wildman–Crippen MR) is 150 cm³/mol. The van der Waals surface area contributed by atoms with Crippen LogP contribution in [-0.2, 0) is 25.7 Å². The summed E-state index contributed by atoms with van der Waals surface area (Å²) in [6, 6.07) is 8.26. The van der Waals surface area contributed by atoms with Gasteiger partial charge in [-0.15, -0.1) is 5.10 Å². The van der Waals surface area contributed by atoms with Crippen molar-refractivity contribution in [3.05, 3.63) is 42.2 Å². The molecule has 4 fully saturated rings. The molecule has 1 spiro atoms. The van der Waals surface area contributed by atoms with Crippen LogP contribution in [0, 0.1) is 0 Å². The van der Waals surface area contributed by atoms with E-state index in [1.54, 1.807) is 15.8 Å². The van der Waals surface area contributed by atoms with E-state index in [-0.39, 0.29) is 56.3 Å². The minimum absolute atomic E-state index is 0.0376. The molecule has 4 N–H and O–H groups in total. The molecule has 4 aliphatic rings. The summed E-state index contributed by atoms with van der Waals surface area (Å²) in [4.78, 5) is 44.4. The van der Waals surface area contributed by atoms with Gasteiger partial charge in [0.05, 0.1) is 36.7 Å². The fourth-order valence-corrected chi connectivity index (χ4v) is 6.56. The first-order valence-electron chi connectivity index (χ1n) is 14.9. The third kappa shape index (κ3) is 6.37. The monoisotopic (exact) mass is 597 g/mol. The number of likely N-dealkylation sites (tertiary alicyclic amines) is 1. The van der Waals surface area contributed by atoms with Crippen molar-refractivity contribution < 1.29 is 34.1 Å². The van der Waals surface area contributed by atoms with Gasteiger partial charge in [0.2, 0.25) is 17.7 Å². The van der Waals surface area contributed by atoms with Crippen molar-refractivity contribution in [3.8, 4) is 5.75 Å². The third-order valence-corrected chi connectivity index (χ3v) is 9.13. The number of hydrogen-bond donors (Lipinski definition) is 4. The number of aliphatic hydroxyl groups excluding tert-OH is 2. The van der Waals surface area contributed by atoms with E-state index < -0.39 is 36.0 Å². The van der Waals surface area contributed by atoms with E-state index in [9.17, 15) is 24.6 Å². The molecule has 14 heteroatoms. The fraction of sp³-hybridized carbons (Fsp3) is 0.621. The molecule has 43 heavy (non-hydrogen) atoms. The van der Waals surface area contributed by atoms with Crippen molar-refractivity contribution in [1.29, 1.82) is 0 Å². The normalized spacial score (nSPS) is 31.8. The van der Waals surface area contributed by atoms with E-state index in [4.69, 9.17) is 9.47 Å². The van der Waals surface area contributed by atoms with E-state index in [0.29, 0.717) is 43.8 Å². The third-order valence-electron chi connectivity index (χ3n) is 9.13. The smallest absolute Gasteiger partial charge is 0.242 e. The maximum absolute atomic E-state index is 14.0. The quantitative estimate of drug-likeness (QED) is 0.342. The highest BCUT2D eigenvalue weighted by molar-refractivity contribution is 5.89. The van der Waals surface area contributed by atoms with E-state index >= 15 is 0 Å². The van der Waals surface area contributed by atoms with Gasteiger partial charge in [-0.05, 0) is 32.0 Å². The molecule has 0 radical (unpaired) electrons. The Bertz CT molecular complexity index is 1320. The van der Waals surface area contributed by atoms with Crippen molar-refractivity contribution in [2.24, 2.45) is 0 Å². The zero-order chi connectivity index (χ0) is 30.1. The van der Waals surface area contributed by atoms with E-state index in [1.165, 1.54) is 0 Å². The van der Waals surface area contributed by atoms with Gasteiger partial charge in [-0.2, -0.15) is 0 Å². The molecule has 5 heterocycles. The second-order valence-electron chi connectivity index (χ2n) is 12.2. The van der Waals surface area contributed by atoms with Crippen LogP contribution in [0.1, 0.15) is 43.8 Å². The summed E-state index contributed by atoms with van der Waals surface area (Å²) in [5.74, 6) is -0.243. The van der Waals surface area contributed by atoms with Gasteiger partial charge in [0.15, 0.2) is 0 Å². The summed E-state index contributed by atoms with van der Waals surface area (Å²) in [5.41, 5.74) is -0.192. The number of rotatable bonds is 4. The van der Waals surface area contributed by atoms with Crippen LogP contribution in [-0.4, -0.2) is 122 Å². The minimum atomic E-state index is -1.27. The Morgan fingerprint density at radius 3 is 2.60 bits per heavy atom. The van der Waals surface area contributed by atoms with Gasteiger partial charge in [0, 0.05) is 32.6 Å². The number of nitrogens with one attached hydrogen (secondary N) is 2. The Balaban J connectivity index is 1.23. The van der Waals surface area contributed by atoms with Gasteiger partial charge in [0.1, 0.15) is 42.4 Å². The van der Waals surface area contributed by atoms with Crippen molar-refractivity contribution in [3.63, 3.8) is 0 Å². The highest BCUT2D eigenvalue weighted by atomic mass is 16.5. The SMILES string of the molecule is CN1CCC2(CC1)CC(=O)N1C[C@@H](n3cc(COc4ccccc4)nn3)C[C@H]1C(=O)NC[C@H]1O[C@@H](CC(=O)N2)C(O)C1O. The molecule has 0 aliphatic carbocycles. The van der Waals surface area contributed by atoms with E-state index in [1.807, 2.05) is 37.4 Å². The molecule has 6 atom stereocenters. The molecule has 2 bridgehead atoms.